The van der Waals surface area contributed by atoms with Crippen molar-refractivity contribution >= 4 is 11.6 Å². The van der Waals surface area contributed by atoms with E-state index in [1.54, 1.807) is 12.4 Å². The van der Waals surface area contributed by atoms with Crippen molar-refractivity contribution in [3.8, 4) is 0 Å². The van der Waals surface area contributed by atoms with Crippen molar-refractivity contribution in [3.05, 3.63) is 12.4 Å². The number of anilines is 2. The van der Waals surface area contributed by atoms with Gasteiger partial charge < -0.3 is 15.7 Å². The van der Waals surface area contributed by atoms with Gasteiger partial charge in [0.1, 0.15) is 11.6 Å². The van der Waals surface area contributed by atoms with Crippen molar-refractivity contribution in [3.63, 3.8) is 0 Å². The van der Waals surface area contributed by atoms with Crippen molar-refractivity contribution in [1.29, 1.82) is 0 Å². The summed E-state index contributed by atoms with van der Waals surface area (Å²) in [6.45, 7) is 2.78. The molecule has 0 radical (unpaired) electrons. The van der Waals surface area contributed by atoms with Crippen molar-refractivity contribution in [1.82, 2.24) is 9.97 Å². The fourth-order valence-corrected chi connectivity index (χ4v) is 2.63. The number of aliphatic hydroxyl groups is 1. The van der Waals surface area contributed by atoms with Gasteiger partial charge in [-0.3, -0.25) is 4.98 Å². The van der Waals surface area contributed by atoms with E-state index in [9.17, 15) is 5.11 Å². The molecule has 5 nitrogen and oxygen atoms in total. The molecule has 0 spiro atoms. The van der Waals surface area contributed by atoms with E-state index in [4.69, 9.17) is 0 Å². The molecule has 1 aromatic heterocycles. The Morgan fingerprint density at radius 2 is 2.00 bits per heavy atom. The monoisotopic (exact) mass is 264 g/mol. The van der Waals surface area contributed by atoms with Crippen molar-refractivity contribution in [2.75, 3.05) is 24.2 Å². The highest BCUT2D eigenvalue weighted by Gasteiger charge is 2.32. The molecule has 0 aromatic carbocycles. The first kappa shape index (κ1) is 14.1. The lowest BCUT2D eigenvalue weighted by atomic mass is 9.78. The van der Waals surface area contributed by atoms with E-state index in [2.05, 4.69) is 27.5 Å². The summed E-state index contributed by atoms with van der Waals surface area (Å²) in [6.07, 6.45) is 8.57. The third kappa shape index (κ3) is 3.80. The van der Waals surface area contributed by atoms with Gasteiger partial charge >= 0.3 is 0 Å². The Bertz CT molecular complexity index is 402. The van der Waals surface area contributed by atoms with Gasteiger partial charge in [-0.2, -0.15) is 0 Å². The van der Waals surface area contributed by atoms with E-state index in [0.717, 1.165) is 37.4 Å². The van der Waals surface area contributed by atoms with Crippen LogP contribution in [-0.4, -0.2) is 34.3 Å². The summed E-state index contributed by atoms with van der Waals surface area (Å²) in [5.41, 5.74) is -0.594. The summed E-state index contributed by atoms with van der Waals surface area (Å²) in [5, 5.41) is 16.7. The Balaban J connectivity index is 1.87. The molecule has 0 amide bonds. The summed E-state index contributed by atoms with van der Waals surface area (Å²) >= 11 is 0. The maximum atomic E-state index is 10.5. The molecule has 1 saturated carbocycles. The van der Waals surface area contributed by atoms with Crippen molar-refractivity contribution in [2.24, 2.45) is 5.92 Å². The molecular formula is C14H24N4O. The quantitative estimate of drug-likeness (QED) is 0.761. The molecule has 1 aromatic rings. The molecule has 1 aliphatic rings. The average Bonchev–Trinajstić information content (AvgIpc) is 2.46. The van der Waals surface area contributed by atoms with Crippen LogP contribution in [0.25, 0.3) is 0 Å². The van der Waals surface area contributed by atoms with E-state index in [0.29, 0.717) is 12.4 Å². The van der Waals surface area contributed by atoms with E-state index >= 15 is 0 Å². The maximum Gasteiger partial charge on any atom is 0.147 e. The van der Waals surface area contributed by atoms with Gasteiger partial charge in [-0.25, -0.2) is 4.98 Å². The molecule has 5 heteroatoms. The molecule has 0 atom stereocenters. The largest absolute Gasteiger partial charge is 0.388 e. The van der Waals surface area contributed by atoms with Gasteiger partial charge in [-0.15, -0.1) is 0 Å². The van der Waals surface area contributed by atoms with E-state index < -0.39 is 5.60 Å². The topological polar surface area (TPSA) is 70.1 Å². The van der Waals surface area contributed by atoms with Gasteiger partial charge in [0, 0.05) is 13.6 Å². The first-order chi connectivity index (χ1) is 9.15. The third-order valence-corrected chi connectivity index (χ3v) is 4.10. The lowest BCUT2D eigenvalue weighted by molar-refractivity contribution is 0.00223. The van der Waals surface area contributed by atoms with Crippen LogP contribution >= 0.6 is 0 Å². The first-order valence-electron chi connectivity index (χ1n) is 7.11. The van der Waals surface area contributed by atoms with Gasteiger partial charge in [-0.05, 0) is 31.6 Å². The lowest BCUT2D eigenvalue weighted by Gasteiger charge is -2.36. The highest BCUT2D eigenvalue weighted by atomic mass is 16.3. The number of aromatic nitrogens is 2. The maximum absolute atomic E-state index is 10.5. The Kier molecular flexibility index (Phi) is 4.58. The fraction of sp³-hybridized carbons (Fsp3) is 0.714. The molecule has 106 valence electrons. The van der Waals surface area contributed by atoms with Gasteiger partial charge in [-0.1, -0.05) is 13.3 Å². The van der Waals surface area contributed by atoms with Crippen molar-refractivity contribution in [2.45, 2.75) is 44.6 Å². The number of hydrogen-bond acceptors (Lipinski definition) is 5. The number of rotatable bonds is 5. The normalized spacial score (nSPS) is 27.0. The summed E-state index contributed by atoms with van der Waals surface area (Å²) in [5.74, 6) is 2.22. The molecule has 2 rings (SSSR count). The molecule has 3 N–H and O–H groups in total. The van der Waals surface area contributed by atoms with Crippen LogP contribution in [0.5, 0.6) is 0 Å². The second-order valence-electron chi connectivity index (χ2n) is 5.47. The van der Waals surface area contributed by atoms with E-state index in [1.807, 2.05) is 7.05 Å². The van der Waals surface area contributed by atoms with Gasteiger partial charge in [0.2, 0.25) is 0 Å². The van der Waals surface area contributed by atoms with E-state index in [-0.39, 0.29) is 0 Å². The molecule has 19 heavy (non-hydrogen) atoms. The lowest BCUT2D eigenvalue weighted by Crippen LogP contribution is -2.40. The molecule has 0 bridgehead atoms. The average molecular weight is 264 g/mol. The highest BCUT2D eigenvalue weighted by molar-refractivity contribution is 5.41. The number of nitrogens with zero attached hydrogens (tertiary/aromatic N) is 2. The summed E-state index contributed by atoms with van der Waals surface area (Å²) in [4.78, 5) is 8.44. The summed E-state index contributed by atoms with van der Waals surface area (Å²) < 4.78 is 0. The smallest absolute Gasteiger partial charge is 0.147 e. The standard InChI is InChI=1S/C14H24N4O/c1-3-11-4-6-14(19,7-5-11)10-17-13-9-16-8-12(15-2)18-13/h8-9,11,19H,3-7,10H2,1-2H3,(H2,15,17,18). The molecule has 1 aliphatic carbocycles. The highest BCUT2D eigenvalue weighted by Crippen LogP contribution is 2.33. The summed E-state index contributed by atoms with van der Waals surface area (Å²) in [6, 6.07) is 0. The zero-order valence-electron chi connectivity index (χ0n) is 11.8. The van der Waals surface area contributed by atoms with Crippen LogP contribution in [0.1, 0.15) is 39.0 Å². The van der Waals surface area contributed by atoms with Crippen LogP contribution in [0.2, 0.25) is 0 Å². The molecule has 1 heterocycles. The second kappa shape index (κ2) is 6.19. The molecule has 1 fully saturated rings. The third-order valence-electron chi connectivity index (χ3n) is 4.10. The minimum absolute atomic E-state index is 0.547. The number of nitrogens with one attached hydrogen (secondary N) is 2. The predicted octanol–water partition coefficient (Wildman–Crippen LogP) is 2.26. The van der Waals surface area contributed by atoms with Crippen LogP contribution in [0, 0.1) is 5.92 Å². The Labute approximate surface area is 114 Å². The number of hydrogen-bond donors (Lipinski definition) is 3. The molecule has 0 aliphatic heterocycles. The zero-order valence-corrected chi connectivity index (χ0v) is 11.8. The predicted molar refractivity (Wildman–Crippen MR) is 77.3 cm³/mol. The summed E-state index contributed by atoms with van der Waals surface area (Å²) in [7, 11) is 1.81. The van der Waals surface area contributed by atoms with Crippen LogP contribution in [0.4, 0.5) is 11.6 Å². The molecule has 0 saturated heterocycles. The van der Waals surface area contributed by atoms with Crippen LogP contribution in [-0.2, 0) is 0 Å². The Morgan fingerprint density at radius 3 is 2.63 bits per heavy atom. The zero-order chi connectivity index (χ0) is 13.7. The van der Waals surface area contributed by atoms with Crippen LogP contribution in [0.3, 0.4) is 0 Å². The van der Waals surface area contributed by atoms with Gasteiger partial charge in [0.15, 0.2) is 0 Å². The van der Waals surface area contributed by atoms with Gasteiger partial charge in [0.25, 0.3) is 0 Å². The second-order valence-corrected chi connectivity index (χ2v) is 5.47. The van der Waals surface area contributed by atoms with E-state index in [1.165, 1.54) is 6.42 Å². The molecular weight excluding hydrogens is 240 g/mol. The minimum Gasteiger partial charge on any atom is -0.388 e. The fourth-order valence-electron chi connectivity index (χ4n) is 2.63. The Hall–Kier alpha value is -1.36. The minimum atomic E-state index is -0.594. The van der Waals surface area contributed by atoms with Gasteiger partial charge in [0.05, 0.1) is 18.0 Å². The van der Waals surface area contributed by atoms with Crippen LogP contribution in [0.15, 0.2) is 12.4 Å². The SMILES string of the molecule is CCC1CCC(O)(CNc2cncc(NC)n2)CC1. The first-order valence-corrected chi connectivity index (χ1v) is 7.11. The molecule has 0 unspecified atom stereocenters. The van der Waals surface area contributed by atoms with Crippen LogP contribution < -0.4 is 10.6 Å². The van der Waals surface area contributed by atoms with Crippen molar-refractivity contribution < 1.29 is 5.11 Å². The Morgan fingerprint density at radius 1 is 1.32 bits per heavy atom.